The molecule has 0 bridgehead atoms. The first-order valence-electron chi connectivity index (χ1n) is 10.9. The molecule has 0 saturated carbocycles. The SMILES string of the molecule is CCCCCC/C(O)=C/[N+](/C=C(\O)CCCCCC)(CCO)CCCC(=O)[O-]. The Bertz CT molecular complexity index is 446. The number of quaternary nitrogens is 1. The zero-order valence-electron chi connectivity index (χ0n) is 17.9. The molecule has 164 valence electrons. The van der Waals surface area contributed by atoms with Crippen LogP contribution < -0.4 is 5.11 Å². The molecular formula is C22H41NO5. The lowest BCUT2D eigenvalue weighted by molar-refractivity contribution is -0.831. The van der Waals surface area contributed by atoms with E-state index in [1.54, 1.807) is 12.4 Å². The van der Waals surface area contributed by atoms with E-state index in [9.17, 15) is 25.2 Å². The van der Waals surface area contributed by atoms with E-state index in [-0.39, 0.29) is 35.6 Å². The summed E-state index contributed by atoms with van der Waals surface area (Å²) in [4.78, 5) is 10.8. The minimum absolute atomic E-state index is 0.0446. The average molecular weight is 400 g/mol. The first kappa shape index (κ1) is 26.5. The Morgan fingerprint density at radius 3 is 1.68 bits per heavy atom. The average Bonchev–Trinajstić information content (AvgIpc) is 2.62. The molecule has 0 radical (unpaired) electrons. The monoisotopic (exact) mass is 399 g/mol. The van der Waals surface area contributed by atoms with Crippen LogP contribution in [-0.2, 0) is 4.79 Å². The Labute approximate surface area is 170 Å². The van der Waals surface area contributed by atoms with Crippen molar-refractivity contribution in [2.45, 2.75) is 90.9 Å². The summed E-state index contributed by atoms with van der Waals surface area (Å²) in [5.41, 5.74) is 0. The topological polar surface area (TPSA) is 101 Å². The summed E-state index contributed by atoms with van der Waals surface area (Å²) >= 11 is 0. The lowest BCUT2D eigenvalue weighted by Crippen LogP contribution is -2.42. The molecule has 0 aliphatic heterocycles. The maximum absolute atomic E-state index is 10.8. The number of carboxylic acids is 1. The number of carbonyl (C=O) groups excluding carboxylic acids is 1. The number of carbonyl (C=O) groups is 1. The third-order valence-electron chi connectivity index (χ3n) is 4.86. The lowest BCUT2D eigenvalue weighted by atomic mass is 10.1. The van der Waals surface area contributed by atoms with Crippen molar-refractivity contribution in [3.8, 4) is 0 Å². The van der Waals surface area contributed by atoms with Gasteiger partial charge in [0, 0.05) is 25.2 Å². The number of aliphatic hydroxyl groups excluding tert-OH is 3. The van der Waals surface area contributed by atoms with Crippen molar-refractivity contribution in [3.05, 3.63) is 23.9 Å². The highest BCUT2D eigenvalue weighted by Crippen LogP contribution is 2.20. The maximum Gasteiger partial charge on any atom is 0.146 e. The van der Waals surface area contributed by atoms with E-state index in [0.29, 0.717) is 25.8 Å². The van der Waals surface area contributed by atoms with Gasteiger partial charge in [-0.2, -0.15) is 0 Å². The Kier molecular flexibility index (Phi) is 15.5. The second-order valence-corrected chi connectivity index (χ2v) is 7.61. The molecule has 0 aliphatic rings. The fourth-order valence-corrected chi connectivity index (χ4v) is 3.30. The zero-order valence-corrected chi connectivity index (χ0v) is 17.9. The minimum Gasteiger partial charge on any atom is -0.550 e. The highest BCUT2D eigenvalue weighted by molar-refractivity contribution is 5.64. The van der Waals surface area contributed by atoms with Crippen molar-refractivity contribution < 1.29 is 29.7 Å². The molecule has 0 fully saturated rings. The van der Waals surface area contributed by atoms with E-state index in [1.807, 2.05) is 0 Å². The van der Waals surface area contributed by atoms with Crippen LogP contribution in [0.2, 0.25) is 0 Å². The van der Waals surface area contributed by atoms with Crippen molar-refractivity contribution in [1.82, 2.24) is 0 Å². The normalized spacial score (nSPS) is 14.8. The molecule has 0 aromatic rings. The molecule has 6 heteroatoms. The van der Waals surface area contributed by atoms with Gasteiger partial charge in [0.2, 0.25) is 0 Å². The van der Waals surface area contributed by atoms with Gasteiger partial charge in [0.25, 0.3) is 0 Å². The van der Waals surface area contributed by atoms with Crippen molar-refractivity contribution in [2.24, 2.45) is 0 Å². The number of nitrogens with zero attached hydrogens (tertiary/aromatic N) is 1. The van der Waals surface area contributed by atoms with E-state index >= 15 is 0 Å². The van der Waals surface area contributed by atoms with Gasteiger partial charge in [0.15, 0.2) is 0 Å². The van der Waals surface area contributed by atoms with Crippen molar-refractivity contribution >= 4 is 5.97 Å². The van der Waals surface area contributed by atoms with Gasteiger partial charge in [-0.25, -0.2) is 0 Å². The molecular weight excluding hydrogens is 358 g/mol. The van der Waals surface area contributed by atoms with E-state index < -0.39 is 5.97 Å². The summed E-state index contributed by atoms with van der Waals surface area (Å²) < 4.78 is 0.0446. The number of rotatable bonds is 18. The Hall–Kier alpha value is -1.53. The van der Waals surface area contributed by atoms with Crippen LogP contribution in [0.1, 0.15) is 90.9 Å². The van der Waals surface area contributed by atoms with Crippen LogP contribution in [0.4, 0.5) is 0 Å². The minimum atomic E-state index is -1.12. The fraction of sp³-hybridized carbons (Fsp3) is 0.773. The summed E-state index contributed by atoms with van der Waals surface area (Å²) in [6, 6.07) is 0. The quantitative estimate of drug-likeness (QED) is 0.183. The molecule has 3 N–H and O–H groups in total. The predicted molar refractivity (Wildman–Crippen MR) is 110 cm³/mol. The molecule has 0 aromatic carbocycles. The van der Waals surface area contributed by atoms with Crippen molar-refractivity contribution in [1.29, 1.82) is 0 Å². The van der Waals surface area contributed by atoms with E-state index in [1.165, 1.54) is 0 Å². The van der Waals surface area contributed by atoms with E-state index in [2.05, 4.69) is 13.8 Å². The Morgan fingerprint density at radius 1 is 0.786 bits per heavy atom. The number of aliphatic carboxylic acids is 1. The van der Waals surface area contributed by atoms with Gasteiger partial charge in [0.05, 0.1) is 13.2 Å². The van der Waals surface area contributed by atoms with Crippen LogP contribution in [0.15, 0.2) is 23.9 Å². The van der Waals surface area contributed by atoms with Crippen LogP contribution >= 0.6 is 0 Å². The third-order valence-corrected chi connectivity index (χ3v) is 4.86. The van der Waals surface area contributed by atoms with Crippen molar-refractivity contribution in [3.63, 3.8) is 0 Å². The molecule has 0 amide bonds. The van der Waals surface area contributed by atoms with E-state index in [0.717, 1.165) is 51.4 Å². The van der Waals surface area contributed by atoms with Crippen LogP contribution in [-0.4, -0.2) is 45.5 Å². The van der Waals surface area contributed by atoms with Gasteiger partial charge in [-0.3, -0.25) is 4.48 Å². The molecule has 0 heterocycles. The first-order valence-corrected chi connectivity index (χ1v) is 10.9. The summed E-state index contributed by atoms with van der Waals surface area (Å²) in [5.74, 6) is -0.691. The summed E-state index contributed by atoms with van der Waals surface area (Å²) in [7, 11) is 0. The number of aliphatic hydroxyl groups is 3. The van der Waals surface area contributed by atoms with Crippen LogP contribution in [0.25, 0.3) is 0 Å². The lowest BCUT2D eigenvalue weighted by Gasteiger charge is -2.31. The van der Waals surface area contributed by atoms with Crippen LogP contribution in [0, 0.1) is 0 Å². The summed E-state index contributed by atoms with van der Waals surface area (Å²) in [6.45, 7) is 4.76. The number of hydrogen-bond donors (Lipinski definition) is 3. The zero-order chi connectivity index (χ0) is 21.3. The molecule has 0 saturated heterocycles. The smallest absolute Gasteiger partial charge is 0.146 e. The first-order chi connectivity index (χ1) is 13.4. The third kappa shape index (κ3) is 13.6. The molecule has 0 spiro atoms. The molecule has 0 aromatic heterocycles. The summed E-state index contributed by atoms with van der Waals surface area (Å²) in [6.07, 6.45) is 12.9. The number of hydrogen-bond acceptors (Lipinski definition) is 5. The molecule has 0 unspecified atom stereocenters. The number of unbranched alkanes of at least 4 members (excludes halogenated alkanes) is 6. The largest absolute Gasteiger partial charge is 0.550 e. The second-order valence-electron chi connectivity index (χ2n) is 7.61. The molecule has 0 atom stereocenters. The van der Waals surface area contributed by atoms with Crippen LogP contribution in [0.3, 0.4) is 0 Å². The number of carboxylic acid groups (broad SMARTS) is 1. The van der Waals surface area contributed by atoms with Crippen molar-refractivity contribution in [2.75, 3.05) is 19.7 Å². The van der Waals surface area contributed by atoms with Gasteiger partial charge in [0.1, 0.15) is 30.5 Å². The highest BCUT2D eigenvalue weighted by Gasteiger charge is 2.25. The standard InChI is InChI=1S/C22H41NO5/c1-3-5-7-9-12-20(25)18-23(16-17-24,15-11-14-22(27)28)19-21(26)13-10-8-6-4-2/h18-19,24H,3-17H2,1-2H3,(H2-,25,26,27,28)/b20-18-,21-19-. The predicted octanol–water partition coefficient (Wildman–Crippen LogP) is 4.07. The van der Waals surface area contributed by atoms with Gasteiger partial charge in [-0.15, -0.1) is 0 Å². The highest BCUT2D eigenvalue weighted by atomic mass is 16.4. The second kappa shape index (κ2) is 16.4. The number of allylic oxidation sites excluding steroid dienone is 2. The fourth-order valence-electron chi connectivity index (χ4n) is 3.30. The molecule has 0 rings (SSSR count). The molecule has 6 nitrogen and oxygen atoms in total. The molecule has 0 aliphatic carbocycles. The molecule has 28 heavy (non-hydrogen) atoms. The van der Waals surface area contributed by atoms with Gasteiger partial charge in [-0.05, 0) is 19.3 Å². The van der Waals surface area contributed by atoms with E-state index in [4.69, 9.17) is 0 Å². The van der Waals surface area contributed by atoms with Gasteiger partial charge < -0.3 is 25.2 Å². The Morgan fingerprint density at radius 2 is 1.29 bits per heavy atom. The van der Waals surface area contributed by atoms with Crippen LogP contribution in [0.5, 0.6) is 0 Å². The summed E-state index contributed by atoms with van der Waals surface area (Å²) in [5, 5.41) is 41.2. The maximum atomic E-state index is 10.8. The van der Waals surface area contributed by atoms with Gasteiger partial charge >= 0.3 is 0 Å². The van der Waals surface area contributed by atoms with Gasteiger partial charge in [-0.1, -0.05) is 52.4 Å². The Balaban J connectivity index is 5.28.